The Morgan fingerprint density at radius 3 is 2.65 bits per heavy atom. The highest BCUT2D eigenvalue weighted by Crippen LogP contribution is 2.40. The molecule has 3 rings (SSSR count). The first-order valence-electron chi connectivity index (χ1n) is 10.7. The monoisotopic (exact) mass is 481 g/mol. The number of carbonyl (C=O) groups excluding carboxylic acids is 2. The molecule has 13 heteroatoms. The molecule has 1 aliphatic heterocycles. The van der Waals surface area contributed by atoms with Crippen LogP contribution in [0.1, 0.15) is 26.5 Å². The van der Waals surface area contributed by atoms with Crippen molar-refractivity contribution in [3.8, 4) is 0 Å². The summed E-state index contributed by atoms with van der Waals surface area (Å²) < 4.78 is 22.7. The van der Waals surface area contributed by atoms with Crippen LogP contribution in [0.3, 0.4) is 0 Å². The van der Waals surface area contributed by atoms with Gasteiger partial charge in [-0.1, -0.05) is 0 Å². The smallest absolute Gasteiger partial charge is 0.462 e. The van der Waals surface area contributed by atoms with E-state index in [4.69, 9.17) is 24.7 Å². The van der Waals surface area contributed by atoms with Crippen molar-refractivity contribution < 1.29 is 38.7 Å². The van der Waals surface area contributed by atoms with Crippen molar-refractivity contribution in [2.45, 2.75) is 56.8 Å². The van der Waals surface area contributed by atoms with Gasteiger partial charge in [0.25, 0.3) is 0 Å². The van der Waals surface area contributed by atoms with Crippen LogP contribution in [0.15, 0.2) is 18.5 Å². The van der Waals surface area contributed by atoms with Crippen molar-refractivity contribution in [3.05, 3.63) is 24.2 Å². The molecule has 0 amide bonds. The number of anilines is 1. The highest BCUT2D eigenvalue weighted by molar-refractivity contribution is 5.76. The van der Waals surface area contributed by atoms with E-state index in [0.29, 0.717) is 11.2 Å². The van der Waals surface area contributed by atoms with E-state index in [-0.39, 0.29) is 18.5 Å². The molecule has 3 heterocycles. The molecule has 13 nitrogen and oxygen atoms in total. The lowest BCUT2D eigenvalue weighted by molar-refractivity contribution is -0.154. The molecule has 188 valence electrons. The van der Waals surface area contributed by atoms with Crippen LogP contribution < -0.4 is 5.73 Å². The molecule has 0 radical (unpaired) electrons. The lowest BCUT2D eigenvalue weighted by Crippen LogP contribution is -2.42. The highest BCUT2D eigenvalue weighted by atomic mass is 16.7. The molecule has 34 heavy (non-hydrogen) atoms. The topological polar surface area (TPSA) is 171 Å². The Morgan fingerprint density at radius 1 is 1.29 bits per heavy atom. The maximum absolute atomic E-state index is 12.2. The van der Waals surface area contributed by atoms with Crippen molar-refractivity contribution in [1.29, 1.82) is 0 Å². The molecule has 4 N–H and O–H groups in total. The summed E-state index contributed by atoms with van der Waals surface area (Å²) in [6.07, 6.45) is -3.87. The van der Waals surface area contributed by atoms with Crippen LogP contribution in [0, 0.1) is 0 Å². The van der Waals surface area contributed by atoms with E-state index in [1.807, 2.05) is 0 Å². The number of nitrogens with zero attached hydrogens (tertiary/aromatic N) is 4. The summed E-state index contributed by atoms with van der Waals surface area (Å²) >= 11 is 0. The third-order valence-corrected chi connectivity index (χ3v) is 5.63. The minimum Gasteiger partial charge on any atom is -0.462 e. The minimum atomic E-state index is -1.37. The number of rotatable bonds is 8. The van der Waals surface area contributed by atoms with Crippen molar-refractivity contribution >= 4 is 23.5 Å². The molecule has 0 unspecified atom stereocenters. The summed E-state index contributed by atoms with van der Waals surface area (Å²) in [7, 11) is 3.30. The number of hydrogen-bond donors (Lipinski definition) is 3. The number of ether oxygens (including phenoxy) is 4. The van der Waals surface area contributed by atoms with E-state index in [2.05, 4.69) is 10.1 Å². The zero-order valence-corrected chi connectivity index (χ0v) is 19.7. The second-order valence-electron chi connectivity index (χ2n) is 8.70. The Kier molecular flexibility index (Phi) is 7.60. The predicted molar refractivity (Wildman–Crippen MR) is 118 cm³/mol. The van der Waals surface area contributed by atoms with Gasteiger partial charge in [0.15, 0.2) is 5.82 Å². The molecule has 1 aliphatic rings. The Balaban J connectivity index is 1.61. The van der Waals surface area contributed by atoms with Gasteiger partial charge >= 0.3 is 12.1 Å². The first-order chi connectivity index (χ1) is 16.0. The lowest BCUT2D eigenvalue weighted by Gasteiger charge is -2.27. The van der Waals surface area contributed by atoms with E-state index >= 15 is 0 Å². The first kappa shape index (κ1) is 25.6. The molecule has 1 fully saturated rings. The number of carbonyl (C=O) groups is 2. The molecule has 0 aliphatic carbocycles. The van der Waals surface area contributed by atoms with E-state index in [9.17, 15) is 19.8 Å². The summed E-state index contributed by atoms with van der Waals surface area (Å²) in [6, 6.07) is 2.52. The number of nitrogens with two attached hydrogens (primary N) is 1. The van der Waals surface area contributed by atoms with E-state index < -0.39 is 48.7 Å². The number of likely N-dealkylation sites (N-methyl/N-ethyl adjacent to an activating group) is 1. The summed E-state index contributed by atoms with van der Waals surface area (Å²) in [5.41, 5.74) is 5.44. The van der Waals surface area contributed by atoms with Crippen LogP contribution in [-0.2, 0) is 29.3 Å². The van der Waals surface area contributed by atoms with E-state index in [0.717, 1.165) is 0 Å². The molecule has 2 aromatic rings. The van der Waals surface area contributed by atoms with Gasteiger partial charge in [0.05, 0.1) is 11.8 Å². The lowest BCUT2D eigenvalue weighted by atomic mass is 9.93. The third-order valence-electron chi connectivity index (χ3n) is 5.63. The second kappa shape index (κ2) is 10.1. The molecule has 1 saturated heterocycles. The molecule has 0 bridgehead atoms. The highest BCUT2D eigenvalue weighted by Gasteiger charge is 2.54. The van der Waals surface area contributed by atoms with Gasteiger partial charge in [-0.05, 0) is 47.0 Å². The van der Waals surface area contributed by atoms with Crippen molar-refractivity contribution in [2.24, 2.45) is 0 Å². The normalized spacial score (nSPS) is 25.6. The van der Waals surface area contributed by atoms with Gasteiger partial charge < -0.3 is 34.9 Å². The maximum atomic E-state index is 12.2. The quantitative estimate of drug-likeness (QED) is 0.420. The summed E-state index contributed by atoms with van der Waals surface area (Å²) in [5, 5.41) is 25.4. The van der Waals surface area contributed by atoms with Gasteiger partial charge in [0.2, 0.25) is 0 Å². The molecular weight excluding hydrogens is 450 g/mol. The number of fused-ring (bicyclic) bond motifs is 1. The Morgan fingerprint density at radius 2 is 2.00 bits per heavy atom. The van der Waals surface area contributed by atoms with E-state index in [1.54, 1.807) is 51.9 Å². The molecule has 0 aromatic carbocycles. The Hall–Kier alpha value is -3.00. The molecular formula is C21H31N5O8. The number of aliphatic hydroxyl groups excluding tert-OH is 2. The fraction of sp³-hybridized carbons (Fsp3) is 0.619. The van der Waals surface area contributed by atoms with Crippen LogP contribution in [0.5, 0.6) is 0 Å². The third kappa shape index (κ3) is 5.06. The average molecular weight is 482 g/mol. The van der Waals surface area contributed by atoms with E-state index in [1.165, 1.54) is 10.8 Å². The second-order valence-corrected chi connectivity index (χ2v) is 8.70. The zero-order chi connectivity index (χ0) is 25.2. The minimum absolute atomic E-state index is 0.244. The van der Waals surface area contributed by atoms with Gasteiger partial charge in [0.1, 0.15) is 55.0 Å². The number of aliphatic hydroxyl groups is 2. The molecule has 2 aromatic heterocycles. The summed E-state index contributed by atoms with van der Waals surface area (Å²) in [5.74, 6) is -0.293. The summed E-state index contributed by atoms with van der Waals surface area (Å²) in [6.45, 7) is 4.33. The largest absolute Gasteiger partial charge is 0.508 e. The molecule has 5 atom stereocenters. The number of aromatic nitrogens is 3. The predicted octanol–water partition coefficient (Wildman–Crippen LogP) is -0.318. The standard InChI is InChI=1S/C21H31N5O8/c1-11(2)33-19(29)13(25(4)5)8-31-20(30)32-9-14-16(27)17(28)21(3,34-14)15-7-6-12-18(22)23-10-24-26(12)15/h6-7,10-11,13-14,16-17,27-28H,8-9H2,1-5H3,(H2,22,23,24)/t13-,14+,16+,17+,21-/m0/s1. The average Bonchev–Trinajstić information content (AvgIpc) is 3.29. The fourth-order valence-corrected chi connectivity index (χ4v) is 3.73. The number of nitrogen functional groups attached to an aromatic ring is 1. The van der Waals surface area contributed by atoms with Crippen molar-refractivity contribution in [1.82, 2.24) is 19.5 Å². The Labute approximate surface area is 196 Å². The van der Waals surface area contributed by atoms with Crippen molar-refractivity contribution in [2.75, 3.05) is 33.0 Å². The van der Waals surface area contributed by atoms with Crippen LogP contribution >= 0.6 is 0 Å². The fourth-order valence-electron chi connectivity index (χ4n) is 3.73. The molecule has 0 saturated carbocycles. The van der Waals surface area contributed by atoms with Crippen molar-refractivity contribution in [3.63, 3.8) is 0 Å². The van der Waals surface area contributed by atoms with Crippen LogP contribution in [-0.4, -0.2) is 99.6 Å². The first-order valence-corrected chi connectivity index (χ1v) is 10.7. The van der Waals surface area contributed by atoms with Gasteiger partial charge in [-0.2, -0.15) is 5.10 Å². The SMILES string of the molecule is CC(C)OC(=O)[C@H](COC(=O)OC[C@H]1O[C@@](C)(c2ccc3c(N)ncnn23)[C@H](O)[C@@H]1O)N(C)C. The summed E-state index contributed by atoms with van der Waals surface area (Å²) in [4.78, 5) is 29.7. The van der Waals surface area contributed by atoms with Crippen LogP contribution in [0.4, 0.5) is 10.6 Å². The van der Waals surface area contributed by atoms with Crippen LogP contribution in [0.2, 0.25) is 0 Å². The van der Waals surface area contributed by atoms with Crippen LogP contribution in [0.25, 0.3) is 5.52 Å². The maximum Gasteiger partial charge on any atom is 0.508 e. The number of hydrogen-bond acceptors (Lipinski definition) is 12. The van der Waals surface area contributed by atoms with Gasteiger partial charge in [-0.3, -0.25) is 9.69 Å². The van der Waals surface area contributed by atoms with Gasteiger partial charge in [-0.15, -0.1) is 0 Å². The Bertz CT molecular complexity index is 1030. The number of esters is 1. The van der Waals surface area contributed by atoms with Gasteiger partial charge in [0, 0.05) is 0 Å². The van der Waals surface area contributed by atoms with Gasteiger partial charge in [-0.25, -0.2) is 14.3 Å². The molecule has 0 spiro atoms. The zero-order valence-electron chi connectivity index (χ0n) is 19.7.